The molecule has 0 radical (unpaired) electrons. The van der Waals surface area contributed by atoms with E-state index in [0.29, 0.717) is 12.3 Å². The van der Waals surface area contributed by atoms with Crippen LogP contribution in [0.25, 0.3) is 0 Å². The van der Waals surface area contributed by atoms with Crippen molar-refractivity contribution < 1.29 is 13.9 Å². The number of halogens is 1. The fraction of sp³-hybridized carbons (Fsp3) is 0.214. The summed E-state index contributed by atoms with van der Waals surface area (Å²) < 4.78 is 18.4. The second-order valence-electron chi connectivity index (χ2n) is 4.25. The molecule has 1 aromatic carbocycles. The molecule has 0 aliphatic rings. The number of hydrogen-bond donors (Lipinski definition) is 2. The van der Waals surface area contributed by atoms with Crippen molar-refractivity contribution in [3.05, 3.63) is 46.4 Å². The van der Waals surface area contributed by atoms with Gasteiger partial charge in [0.1, 0.15) is 11.9 Å². The minimum Gasteiger partial charge on any atom is -0.397 e. The Balaban J connectivity index is 1.90. The van der Waals surface area contributed by atoms with Gasteiger partial charge in [-0.15, -0.1) is 11.3 Å². The summed E-state index contributed by atoms with van der Waals surface area (Å²) in [5, 5.41) is 4.56. The average molecular weight is 294 g/mol. The number of nitrogen functional groups attached to an aromatic ring is 1. The van der Waals surface area contributed by atoms with Crippen LogP contribution < -0.4 is 11.1 Å². The molecule has 2 aromatic rings. The highest BCUT2D eigenvalue weighted by atomic mass is 32.1. The molecule has 2 rings (SSSR count). The van der Waals surface area contributed by atoms with Gasteiger partial charge in [0, 0.05) is 4.88 Å². The first-order valence-corrected chi connectivity index (χ1v) is 6.94. The van der Waals surface area contributed by atoms with E-state index in [2.05, 4.69) is 5.32 Å². The third-order valence-electron chi connectivity index (χ3n) is 2.70. The minimum absolute atomic E-state index is 0.184. The lowest BCUT2D eigenvalue weighted by atomic mass is 10.2. The molecule has 1 aromatic heterocycles. The lowest BCUT2D eigenvalue weighted by Crippen LogP contribution is -2.27. The fourth-order valence-electron chi connectivity index (χ4n) is 1.56. The highest BCUT2D eigenvalue weighted by Crippen LogP contribution is 2.19. The van der Waals surface area contributed by atoms with Gasteiger partial charge in [-0.1, -0.05) is 6.07 Å². The van der Waals surface area contributed by atoms with Crippen LogP contribution in [0.5, 0.6) is 0 Å². The fourth-order valence-corrected chi connectivity index (χ4v) is 2.18. The van der Waals surface area contributed by atoms with Gasteiger partial charge in [0.25, 0.3) is 5.91 Å². The van der Waals surface area contributed by atoms with Crippen molar-refractivity contribution in [1.29, 1.82) is 0 Å². The number of benzene rings is 1. The van der Waals surface area contributed by atoms with Crippen molar-refractivity contribution in [2.24, 2.45) is 0 Å². The van der Waals surface area contributed by atoms with Crippen LogP contribution >= 0.6 is 11.3 Å². The molecule has 3 N–H and O–H groups in total. The van der Waals surface area contributed by atoms with Crippen LogP contribution in [-0.4, -0.2) is 12.0 Å². The minimum atomic E-state index is -0.624. The molecular formula is C14H15FN2O2S. The smallest absolute Gasteiger partial charge is 0.253 e. The molecule has 1 unspecified atom stereocenters. The van der Waals surface area contributed by atoms with E-state index in [1.807, 2.05) is 17.5 Å². The van der Waals surface area contributed by atoms with Crippen molar-refractivity contribution in [3.8, 4) is 0 Å². The van der Waals surface area contributed by atoms with Crippen LogP contribution in [-0.2, 0) is 16.1 Å². The number of anilines is 2. The maximum Gasteiger partial charge on any atom is 0.253 e. The number of rotatable bonds is 5. The number of thiophene rings is 1. The Morgan fingerprint density at radius 3 is 2.95 bits per heavy atom. The van der Waals surface area contributed by atoms with Gasteiger partial charge in [-0.2, -0.15) is 0 Å². The van der Waals surface area contributed by atoms with Gasteiger partial charge in [-0.05, 0) is 36.6 Å². The predicted octanol–water partition coefficient (Wildman–Crippen LogP) is 3.01. The molecule has 4 nitrogen and oxygen atoms in total. The van der Waals surface area contributed by atoms with Gasteiger partial charge in [0.05, 0.1) is 18.0 Å². The largest absolute Gasteiger partial charge is 0.397 e. The van der Waals surface area contributed by atoms with Crippen LogP contribution in [0.2, 0.25) is 0 Å². The predicted molar refractivity (Wildman–Crippen MR) is 78.0 cm³/mol. The van der Waals surface area contributed by atoms with E-state index in [1.165, 1.54) is 12.1 Å². The number of carbonyl (C=O) groups is 1. The summed E-state index contributed by atoms with van der Waals surface area (Å²) in [6.45, 7) is 2.04. The normalized spacial score (nSPS) is 12.1. The number of hydrogen-bond acceptors (Lipinski definition) is 4. The van der Waals surface area contributed by atoms with Gasteiger partial charge >= 0.3 is 0 Å². The number of nitrogens with one attached hydrogen (secondary N) is 1. The van der Waals surface area contributed by atoms with Gasteiger partial charge in [0.15, 0.2) is 0 Å². The molecule has 6 heteroatoms. The van der Waals surface area contributed by atoms with Gasteiger partial charge < -0.3 is 15.8 Å². The summed E-state index contributed by atoms with van der Waals surface area (Å²) in [5.41, 5.74) is 6.19. The summed E-state index contributed by atoms with van der Waals surface area (Å²) >= 11 is 1.57. The number of nitrogens with two attached hydrogens (primary N) is 1. The third-order valence-corrected chi connectivity index (χ3v) is 3.55. The van der Waals surface area contributed by atoms with Crippen LogP contribution in [0.3, 0.4) is 0 Å². The highest BCUT2D eigenvalue weighted by molar-refractivity contribution is 7.09. The van der Waals surface area contributed by atoms with E-state index in [9.17, 15) is 9.18 Å². The van der Waals surface area contributed by atoms with Crippen molar-refractivity contribution >= 4 is 28.6 Å². The van der Waals surface area contributed by atoms with Crippen LogP contribution in [0, 0.1) is 5.82 Å². The van der Waals surface area contributed by atoms with Crippen molar-refractivity contribution in [2.75, 3.05) is 11.1 Å². The first kappa shape index (κ1) is 14.5. The molecule has 0 saturated carbocycles. The Labute approximate surface area is 120 Å². The number of ether oxygens (including phenoxy) is 1. The molecule has 0 saturated heterocycles. The molecule has 1 amide bonds. The Morgan fingerprint density at radius 2 is 2.30 bits per heavy atom. The second kappa shape index (κ2) is 6.49. The van der Waals surface area contributed by atoms with Gasteiger partial charge in [-0.25, -0.2) is 4.39 Å². The summed E-state index contributed by atoms with van der Waals surface area (Å²) in [6, 6.07) is 7.69. The molecule has 0 aliphatic heterocycles. The Kier molecular flexibility index (Phi) is 4.70. The molecule has 0 fully saturated rings. The average Bonchev–Trinajstić information content (AvgIpc) is 2.92. The summed E-state index contributed by atoms with van der Waals surface area (Å²) in [5.74, 6) is -0.762. The zero-order valence-electron chi connectivity index (χ0n) is 10.9. The SMILES string of the molecule is CC(OCc1cccs1)C(=O)Nc1ccc(F)cc1N. The molecule has 1 atom stereocenters. The zero-order valence-corrected chi connectivity index (χ0v) is 11.7. The first-order chi connectivity index (χ1) is 9.56. The molecular weight excluding hydrogens is 279 g/mol. The standard InChI is InChI=1S/C14H15FN2O2S/c1-9(19-8-11-3-2-6-20-11)14(18)17-13-5-4-10(15)7-12(13)16/h2-7,9H,8,16H2,1H3,(H,17,18). The lowest BCUT2D eigenvalue weighted by Gasteiger charge is -2.14. The van der Waals surface area contributed by atoms with E-state index in [4.69, 9.17) is 10.5 Å². The van der Waals surface area contributed by atoms with E-state index in [0.717, 1.165) is 10.9 Å². The Morgan fingerprint density at radius 1 is 1.50 bits per heavy atom. The molecule has 0 bridgehead atoms. The number of amides is 1. The van der Waals surface area contributed by atoms with Crippen LogP contribution in [0.15, 0.2) is 35.7 Å². The molecule has 0 aliphatic carbocycles. The topological polar surface area (TPSA) is 64.3 Å². The highest BCUT2D eigenvalue weighted by Gasteiger charge is 2.15. The summed E-state index contributed by atoms with van der Waals surface area (Å²) in [7, 11) is 0. The van der Waals surface area contributed by atoms with E-state index in [1.54, 1.807) is 18.3 Å². The quantitative estimate of drug-likeness (QED) is 0.833. The van der Waals surface area contributed by atoms with Gasteiger partial charge in [-0.3, -0.25) is 4.79 Å². The number of carbonyl (C=O) groups excluding carboxylic acids is 1. The lowest BCUT2D eigenvalue weighted by molar-refractivity contribution is -0.127. The Bertz CT molecular complexity index is 587. The third kappa shape index (κ3) is 3.79. The summed E-state index contributed by atoms with van der Waals surface area (Å²) in [6.07, 6.45) is -0.624. The molecule has 106 valence electrons. The van der Waals surface area contributed by atoms with Crippen LogP contribution in [0.4, 0.5) is 15.8 Å². The van der Waals surface area contributed by atoms with Gasteiger partial charge in [0.2, 0.25) is 0 Å². The maximum absolute atomic E-state index is 12.9. The van der Waals surface area contributed by atoms with E-state index < -0.39 is 11.9 Å². The monoisotopic (exact) mass is 294 g/mol. The van der Waals surface area contributed by atoms with Crippen LogP contribution in [0.1, 0.15) is 11.8 Å². The Hall–Kier alpha value is -1.92. The van der Waals surface area contributed by atoms with Crippen molar-refractivity contribution in [3.63, 3.8) is 0 Å². The van der Waals surface area contributed by atoms with Crippen molar-refractivity contribution in [2.45, 2.75) is 19.6 Å². The second-order valence-corrected chi connectivity index (χ2v) is 5.29. The molecule has 1 heterocycles. The maximum atomic E-state index is 12.9. The zero-order chi connectivity index (χ0) is 14.5. The van der Waals surface area contributed by atoms with E-state index >= 15 is 0 Å². The summed E-state index contributed by atoms with van der Waals surface area (Å²) in [4.78, 5) is 13.0. The molecule has 20 heavy (non-hydrogen) atoms. The first-order valence-electron chi connectivity index (χ1n) is 6.06. The van der Waals surface area contributed by atoms with E-state index in [-0.39, 0.29) is 11.6 Å². The van der Waals surface area contributed by atoms with Crippen molar-refractivity contribution in [1.82, 2.24) is 0 Å². The molecule has 0 spiro atoms.